The first-order chi connectivity index (χ1) is 11.4. The number of rotatable bonds is 4. The Balaban J connectivity index is 1.74. The molecule has 0 aliphatic carbocycles. The maximum atomic E-state index is 12.7. The van der Waals surface area contributed by atoms with E-state index in [4.69, 9.17) is 10.3 Å². The number of nitrogen functional groups attached to an aromatic ring is 1. The van der Waals surface area contributed by atoms with Crippen molar-refractivity contribution < 1.29 is 9.32 Å². The van der Waals surface area contributed by atoms with Gasteiger partial charge in [0.15, 0.2) is 5.82 Å². The predicted octanol–water partition coefficient (Wildman–Crippen LogP) is 1.58. The number of hydrogen-bond acceptors (Lipinski definition) is 7. The maximum absolute atomic E-state index is 12.7. The zero-order chi connectivity index (χ0) is 17.3. The Morgan fingerprint density at radius 2 is 2.21 bits per heavy atom. The van der Waals surface area contributed by atoms with Crippen molar-refractivity contribution in [3.05, 3.63) is 29.2 Å². The van der Waals surface area contributed by atoms with Crippen LogP contribution in [0.4, 0.5) is 5.95 Å². The molecule has 8 nitrogen and oxygen atoms in total. The number of amides is 1. The molecule has 2 N–H and O–H groups in total. The van der Waals surface area contributed by atoms with E-state index in [9.17, 15) is 4.79 Å². The number of carbonyl (C=O) groups excluding carboxylic acids is 1. The first kappa shape index (κ1) is 16.4. The Labute approximate surface area is 140 Å². The highest BCUT2D eigenvalue weighted by Crippen LogP contribution is 2.27. The van der Waals surface area contributed by atoms with Crippen LogP contribution in [-0.2, 0) is 6.42 Å². The van der Waals surface area contributed by atoms with E-state index < -0.39 is 0 Å². The first-order valence-electron chi connectivity index (χ1n) is 8.15. The van der Waals surface area contributed by atoms with E-state index >= 15 is 0 Å². The van der Waals surface area contributed by atoms with Crippen LogP contribution in [0.15, 0.2) is 10.6 Å². The van der Waals surface area contributed by atoms with Crippen molar-refractivity contribution in [2.24, 2.45) is 5.92 Å². The van der Waals surface area contributed by atoms with Crippen LogP contribution in [0.1, 0.15) is 54.1 Å². The van der Waals surface area contributed by atoms with Crippen molar-refractivity contribution in [1.82, 2.24) is 25.0 Å². The zero-order valence-electron chi connectivity index (χ0n) is 14.2. The summed E-state index contributed by atoms with van der Waals surface area (Å²) >= 11 is 0. The van der Waals surface area contributed by atoms with Crippen LogP contribution in [0, 0.1) is 12.8 Å². The fourth-order valence-corrected chi connectivity index (χ4v) is 2.94. The minimum Gasteiger partial charge on any atom is -0.368 e. The van der Waals surface area contributed by atoms with Gasteiger partial charge in [0.05, 0.1) is 5.92 Å². The van der Waals surface area contributed by atoms with Gasteiger partial charge in [-0.15, -0.1) is 0 Å². The third-order valence-electron chi connectivity index (χ3n) is 4.00. The van der Waals surface area contributed by atoms with Crippen LogP contribution in [-0.4, -0.2) is 44.0 Å². The largest absolute Gasteiger partial charge is 0.368 e. The van der Waals surface area contributed by atoms with E-state index in [-0.39, 0.29) is 17.8 Å². The number of likely N-dealkylation sites (tertiary alicyclic amines) is 1. The molecule has 0 saturated carbocycles. The molecule has 0 unspecified atom stereocenters. The molecule has 2 aromatic rings. The van der Waals surface area contributed by atoms with E-state index in [2.05, 4.69) is 34.0 Å². The summed E-state index contributed by atoms with van der Waals surface area (Å²) < 4.78 is 5.22. The number of anilines is 1. The molecule has 1 aliphatic rings. The van der Waals surface area contributed by atoms with Gasteiger partial charge in [0, 0.05) is 18.8 Å². The Morgan fingerprint density at radius 1 is 1.42 bits per heavy atom. The molecular weight excluding hydrogens is 308 g/mol. The molecule has 0 radical (unpaired) electrons. The molecule has 1 saturated heterocycles. The molecule has 3 rings (SSSR count). The van der Waals surface area contributed by atoms with Crippen molar-refractivity contribution in [2.45, 2.75) is 39.5 Å². The summed E-state index contributed by atoms with van der Waals surface area (Å²) in [4.78, 5) is 27.1. The SMILES string of the molecule is Cc1noc([C@H]2CCN(C(=O)c3cc(CC(C)C)nc(N)n3)C2)n1. The second kappa shape index (κ2) is 6.54. The standard InChI is InChI=1S/C16H22N6O2/c1-9(2)6-12-7-13(20-16(17)19-12)15(23)22-5-4-11(8-22)14-18-10(3)21-24-14/h7,9,11H,4-6,8H2,1-3H3,(H2,17,19,20)/t11-/m0/s1. The van der Waals surface area contributed by atoms with Gasteiger partial charge in [-0.05, 0) is 31.7 Å². The van der Waals surface area contributed by atoms with E-state index in [1.54, 1.807) is 17.9 Å². The fourth-order valence-electron chi connectivity index (χ4n) is 2.94. The third kappa shape index (κ3) is 3.52. The number of nitrogens with two attached hydrogens (primary N) is 1. The van der Waals surface area contributed by atoms with Gasteiger partial charge in [-0.3, -0.25) is 4.79 Å². The third-order valence-corrected chi connectivity index (χ3v) is 4.00. The quantitative estimate of drug-likeness (QED) is 0.905. The van der Waals surface area contributed by atoms with E-state index in [1.807, 2.05) is 0 Å². The van der Waals surface area contributed by atoms with E-state index in [0.717, 1.165) is 18.5 Å². The predicted molar refractivity (Wildman–Crippen MR) is 87.3 cm³/mol. The molecule has 128 valence electrons. The summed E-state index contributed by atoms with van der Waals surface area (Å²) in [5.41, 5.74) is 6.91. The molecule has 1 aliphatic heterocycles. The van der Waals surface area contributed by atoms with Crippen LogP contribution in [0.3, 0.4) is 0 Å². The highest BCUT2D eigenvalue weighted by molar-refractivity contribution is 5.92. The normalized spacial score (nSPS) is 17.7. The van der Waals surface area contributed by atoms with Crippen molar-refractivity contribution in [3.63, 3.8) is 0 Å². The zero-order valence-corrected chi connectivity index (χ0v) is 14.2. The smallest absolute Gasteiger partial charge is 0.272 e. The van der Waals surface area contributed by atoms with Gasteiger partial charge in [0.2, 0.25) is 11.8 Å². The molecule has 8 heteroatoms. The van der Waals surface area contributed by atoms with Gasteiger partial charge in [-0.25, -0.2) is 9.97 Å². The lowest BCUT2D eigenvalue weighted by Gasteiger charge is -2.16. The van der Waals surface area contributed by atoms with Gasteiger partial charge in [-0.2, -0.15) is 4.98 Å². The van der Waals surface area contributed by atoms with Gasteiger partial charge in [0.25, 0.3) is 5.91 Å². The van der Waals surface area contributed by atoms with Crippen molar-refractivity contribution in [2.75, 3.05) is 18.8 Å². The highest BCUT2D eigenvalue weighted by Gasteiger charge is 2.32. The van der Waals surface area contributed by atoms with Crippen LogP contribution >= 0.6 is 0 Å². The molecule has 1 fully saturated rings. The number of hydrogen-bond donors (Lipinski definition) is 1. The molecule has 0 spiro atoms. The molecule has 1 atom stereocenters. The Hall–Kier alpha value is -2.51. The Kier molecular flexibility index (Phi) is 4.46. The first-order valence-corrected chi connectivity index (χ1v) is 8.15. The summed E-state index contributed by atoms with van der Waals surface area (Å²) in [5.74, 6) is 1.71. The molecule has 0 bridgehead atoms. The summed E-state index contributed by atoms with van der Waals surface area (Å²) in [6.07, 6.45) is 1.56. The molecule has 0 aromatic carbocycles. The lowest BCUT2D eigenvalue weighted by molar-refractivity contribution is 0.0783. The minimum atomic E-state index is -0.132. The van der Waals surface area contributed by atoms with Crippen LogP contribution < -0.4 is 5.73 Å². The molecule has 24 heavy (non-hydrogen) atoms. The van der Waals surface area contributed by atoms with E-state index in [0.29, 0.717) is 36.4 Å². The maximum Gasteiger partial charge on any atom is 0.272 e. The van der Waals surface area contributed by atoms with Gasteiger partial charge >= 0.3 is 0 Å². The fraction of sp³-hybridized carbons (Fsp3) is 0.562. The topological polar surface area (TPSA) is 111 Å². The number of nitrogens with zero attached hydrogens (tertiary/aromatic N) is 5. The number of carbonyl (C=O) groups is 1. The lowest BCUT2D eigenvalue weighted by Crippen LogP contribution is -2.29. The Morgan fingerprint density at radius 3 is 2.88 bits per heavy atom. The summed E-state index contributed by atoms with van der Waals surface area (Å²) in [6.45, 7) is 7.15. The summed E-state index contributed by atoms with van der Waals surface area (Å²) in [7, 11) is 0. The lowest BCUT2D eigenvalue weighted by atomic mass is 10.1. The molecule has 3 heterocycles. The molecular formula is C16H22N6O2. The Bertz CT molecular complexity index is 742. The van der Waals surface area contributed by atoms with E-state index in [1.165, 1.54) is 0 Å². The average molecular weight is 330 g/mol. The van der Waals surface area contributed by atoms with Crippen molar-refractivity contribution in [1.29, 1.82) is 0 Å². The number of aryl methyl sites for hydroxylation is 1. The monoisotopic (exact) mass is 330 g/mol. The van der Waals surface area contributed by atoms with Gasteiger partial charge in [-0.1, -0.05) is 19.0 Å². The second-order valence-electron chi connectivity index (χ2n) is 6.62. The van der Waals surface area contributed by atoms with Crippen molar-refractivity contribution >= 4 is 11.9 Å². The molecule has 2 aromatic heterocycles. The second-order valence-corrected chi connectivity index (χ2v) is 6.62. The summed E-state index contributed by atoms with van der Waals surface area (Å²) in [5, 5.41) is 3.81. The van der Waals surface area contributed by atoms with Crippen LogP contribution in [0.2, 0.25) is 0 Å². The van der Waals surface area contributed by atoms with Gasteiger partial charge < -0.3 is 15.2 Å². The minimum absolute atomic E-state index is 0.0736. The van der Waals surface area contributed by atoms with Crippen LogP contribution in [0.25, 0.3) is 0 Å². The average Bonchev–Trinajstić information content (AvgIpc) is 3.13. The van der Waals surface area contributed by atoms with Gasteiger partial charge in [0.1, 0.15) is 5.69 Å². The van der Waals surface area contributed by atoms with Crippen LogP contribution in [0.5, 0.6) is 0 Å². The molecule has 1 amide bonds. The highest BCUT2D eigenvalue weighted by atomic mass is 16.5. The van der Waals surface area contributed by atoms with Crippen molar-refractivity contribution in [3.8, 4) is 0 Å². The summed E-state index contributed by atoms with van der Waals surface area (Å²) in [6, 6.07) is 1.74. The number of aromatic nitrogens is 4.